The lowest BCUT2D eigenvalue weighted by Crippen LogP contribution is -2.41. The number of nitrogens with zero attached hydrogens (tertiary/aromatic N) is 2. The Balaban J connectivity index is 2.06. The molecule has 0 aliphatic carbocycles. The molecule has 3 rings (SSSR count). The van der Waals surface area contributed by atoms with E-state index < -0.39 is 10.0 Å². The van der Waals surface area contributed by atoms with Crippen LogP contribution in [0.25, 0.3) is 0 Å². The molecule has 0 spiro atoms. The van der Waals surface area contributed by atoms with Gasteiger partial charge in [-0.15, -0.1) is 0 Å². The Morgan fingerprint density at radius 1 is 1.30 bits per heavy atom. The lowest BCUT2D eigenvalue weighted by Gasteiger charge is -2.31. The highest BCUT2D eigenvalue weighted by Gasteiger charge is 2.37. The van der Waals surface area contributed by atoms with E-state index in [4.69, 9.17) is 4.74 Å². The lowest BCUT2D eigenvalue weighted by atomic mass is 10.1. The predicted molar refractivity (Wildman–Crippen MR) is 73.9 cm³/mol. The van der Waals surface area contributed by atoms with Crippen molar-refractivity contribution in [1.29, 1.82) is 0 Å². The van der Waals surface area contributed by atoms with E-state index in [1.54, 1.807) is 4.90 Å². The number of cyclic esters (lactones) is 1. The van der Waals surface area contributed by atoms with Crippen molar-refractivity contribution in [3.63, 3.8) is 0 Å². The number of hydrogen-bond acceptors (Lipinski definition) is 4. The average molecular weight is 296 g/mol. The Morgan fingerprint density at radius 2 is 2.05 bits per heavy atom. The Bertz CT molecular complexity index is 644. The van der Waals surface area contributed by atoms with Crippen LogP contribution in [0.3, 0.4) is 0 Å². The molecule has 1 aromatic rings. The zero-order chi connectivity index (χ0) is 14.3. The molecule has 7 heteroatoms. The fraction of sp³-hybridized carbons (Fsp3) is 0.462. The van der Waals surface area contributed by atoms with Crippen LogP contribution in [0.1, 0.15) is 12.0 Å². The van der Waals surface area contributed by atoms with Crippen molar-refractivity contribution in [2.45, 2.75) is 19.0 Å². The highest BCUT2D eigenvalue weighted by atomic mass is 32.2. The Labute approximate surface area is 118 Å². The monoisotopic (exact) mass is 296 g/mol. The van der Waals surface area contributed by atoms with Crippen LogP contribution in [0.4, 0.5) is 10.5 Å². The summed E-state index contributed by atoms with van der Waals surface area (Å²) in [5.74, 6) is 0. The summed E-state index contributed by atoms with van der Waals surface area (Å²) in [7, 11) is -3.26. The second kappa shape index (κ2) is 4.75. The van der Waals surface area contributed by atoms with Crippen LogP contribution < -0.4 is 4.90 Å². The summed E-state index contributed by atoms with van der Waals surface area (Å²) in [5, 5.41) is 0. The maximum absolute atomic E-state index is 11.9. The number of para-hydroxylation sites is 1. The summed E-state index contributed by atoms with van der Waals surface area (Å²) >= 11 is 0. The van der Waals surface area contributed by atoms with Gasteiger partial charge in [-0.05, 0) is 18.1 Å². The van der Waals surface area contributed by atoms with Crippen molar-refractivity contribution < 1.29 is 17.9 Å². The normalized spacial score (nSPS) is 23.6. The fourth-order valence-electron chi connectivity index (χ4n) is 2.69. The Kier molecular flexibility index (Phi) is 3.18. The molecule has 1 aromatic carbocycles. The first-order valence-electron chi connectivity index (χ1n) is 6.46. The summed E-state index contributed by atoms with van der Waals surface area (Å²) in [6.45, 7) is 0.987. The minimum Gasteiger partial charge on any atom is -0.447 e. The second-order valence-corrected chi connectivity index (χ2v) is 7.10. The zero-order valence-electron chi connectivity index (χ0n) is 11.2. The molecular formula is C13H16N2O4S. The van der Waals surface area contributed by atoms with E-state index in [0.717, 1.165) is 11.3 Å². The SMILES string of the molecule is CS(=O)(=O)N1CCC2COC(=O)N2c2ccccc2C1. The second-order valence-electron chi connectivity index (χ2n) is 5.11. The van der Waals surface area contributed by atoms with E-state index in [-0.39, 0.29) is 18.7 Å². The number of carbonyl (C=O) groups excluding carboxylic acids is 1. The van der Waals surface area contributed by atoms with Gasteiger partial charge in [0.1, 0.15) is 6.61 Å². The number of benzene rings is 1. The average Bonchev–Trinajstić information content (AvgIpc) is 2.71. The van der Waals surface area contributed by atoms with Gasteiger partial charge in [0.15, 0.2) is 0 Å². The molecule has 2 aliphatic heterocycles. The predicted octanol–water partition coefficient (Wildman–Crippen LogP) is 1.18. The van der Waals surface area contributed by atoms with Gasteiger partial charge in [0.25, 0.3) is 0 Å². The molecule has 1 atom stereocenters. The summed E-state index contributed by atoms with van der Waals surface area (Å²) in [6.07, 6.45) is 1.44. The molecule has 0 N–H and O–H groups in total. The number of ether oxygens (including phenoxy) is 1. The van der Waals surface area contributed by atoms with Gasteiger partial charge in [-0.1, -0.05) is 18.2 Å². The molecule has 1 fully saturated rings. The summed E-state index contributed by atoms with van der Waals surface area (Å²) in [5.41, 5.74) is 1.56. The lowest BCUT2D eigenvalue weighted by molar-refractivity contribution is 0.178. The van der Waals surface area contributed by atoms with E-state index in [1.807, 2.05) is 24.3 Å². The molecule has 108 valence electrons. The number of fused-ring (bicyclic) bond motifs is 3. The number of sulfonamides is 1. The van der Waals surface area contributed by atoms with Gasteiger partial charge in [0.2, 0.25) is 10.0 Å². The van der Waals surface area contributed by atoms with Gasteiger partial charge in [-0.3, -0.25) is 4.90 Å². The van der Waals surface area contributed by atoms with Crippen LogP contribution in [0, 0.1) is 0 Å². The first-order valence-corrected chi connectivity index (χ1v) is 8.30. The number of anilines is 1. The van der Waals surface area contributed by atoms with E-state index in [2.05, 4.69) is 0 Å². The van der Waals surface area contributed by atoms with Crippen LogP contribution in [-0.4, -0.2) is 44.3 Å². The highest BCUT2D eigenvalue weighted by molar-refractivity contribution is 7.88. The maximum Gasteiger partial charge on any atom is 0.414 e. The van der Waals surface area contributed by atoms with Crippen LogP contribution in [0.5, 0.6) is 0 Å². The molecule has 20 heavy (non-hydrogen) atoms. The van der Waals surface area contributed by atoms with E-state index in [9.17, 15) is 13.2 Å². The third-order valence-corrected chi connectivity index (χ3v) is 4.99. The minimum atomic E-state index is -3.26. The van der Waals surface area contributed by atoms with E-state index in [0.29, 0.717) is 19.6 Å². The topological polar surface area (TPSA) is 66.9 Å². The third-order valence-electron chi connectivity index (χ3n) is 3.74. The summed E-state index contributed by atoms with van der Waals surface area (Å²) < 4.78 is 30.2. The van der Waals surface area contributed by atoms with Crippen LogP contribution in [0.2, 0.25) is 0 Å². The van der Waals surface area contributed by atoms with Gasteiger partial charge in [-0.25, -0.2) is 13.2 Å². The number of amides is 1. The van der Waals surface area contributed by atoms with Gasteiger partial charge < -0.3 is 4.74 Å². The molecule has 0 bridgehead atoms. The molecule has 2 heterocycles. The van der Waals surface area contributed by atoms with E-state index >= 15 is 0 Å². The highest BCUT2D eigenvalue weighted by Crippen LogP contribution is 2.31. The van der Waals surface area contributed by atoms with Crippen molar-refractivity contribution >= 4 is 21.8 Å². The van der Waals surface area contributed by atoms with E-state index in [1.165, 1.54) is 10.6 Å². The zero-order valence-corrected chi connectivity index (χ0v) is 12.0. The Morgan fingerprint density at radius 3 is 2.80 bits per heavy atom. The molecule has 0 aromatic heterocycles. The summed E-state index contributed by atoms with van der Waals surface area (Å²) in [4.78, 5) is 13.5. The van der Waals surface area contributed by atoms with Gasteiger partial charge >= 0.3 is 6.09 Å². The van der Waals surface area contributed by atoms with Gasteiger partial charge in [0, 0.05) is 13.1 Å². The van der Waals surface area contributed by atoms with Crippen LogP contribution in [-0.2, 0) is 21.3 Å². The number of carbonyl (C=O) groups is 1. The van der Waals surface area contributed by atoms with Gasteiger partial charge in [0.05, 0.1) is 18.0 Å². The van der Waals surface area contributed by atoms with Crippen molar-refractivity contribution in [3.05, 3.63) is 29.8 Å². The Hall–Kier alpha value is -1.60. The largest absolute Gasteiger partial charge is 0.447 e. The molecule has 2 aliphatic rings. The first kappa shape index (κ1) is 13.4. The smallest absolute Gasteiger partial charge is 0.414 e. The molecule has 6 nitrogen and oxygen atoms in total. The maximum atomic E-state index is 11.9. The van der Waals surface area contributed by atoms with Crippen molar-refractivity contribution in [1.82, 2.24) is 4.31 Å². The first-order chi connectivity index (χ1) is 9.47. The molecule has 0 saturated carbocycles. The molecule has 0 radical (unpaired) electrons. The van der Waals surface area contributed by atoms with Crippen molar-refractivity contribution in [2.75, 3.05) is 24.3 Å². The van der Waals surface area contributed by atoms with Crippen molar-refractivity contribution in [3.8, 4) is 0 Å². The molecule has 1 amide bonds. The van der Waals surface area contributed by atoms with Gasteiger partial charge in [-0.2, -0.15) is 4.31 Å². The fourth-order valence-corrected chi connectivity index (χ4v) is 3.50. The quantitative estimate of drug-likeness (QED) is 0.780. The number of hydrogen-bond donors (Lipinski definition) is 0. The van der Waals surface area contributed by atoms with Crippen molar-refractivity contribution in [2.24, 2.45) is 0 Å². The number of rotatable bonds is 1. The third kappa shape index (κ3) is 2.27. The molecule has 1 unspecified atom stereocenters. The van der Waals surface area contributed by atoms with Crippen LogP contribution >= 0.6 is 0 Å². The summed E-state index contributed by atoms with van der Waals surface area (Å²) in [6, 6.07) is 7.26. The molecule has 1 saturated heterocycles. The van der Waals surface area contributed by atoms with Crippen LogP contribution in [0.15, 0.2) is 24.3 Å². The minimum absolute atomic E-state index is 0.104. The standard InChI is InChI=1S/C13H16N2O4S/c1-20(17,18)14-7-6-11-9-19-13(16)15(11)12-5-3-2-4-10(12)8-14/h2-5,11H,6-9H2,1H3. The molecular weight excluding hydrogens is 280 g/mol.